The number of amides is 2. The van der Waals surface area contributed by atoms with Crippen molar-refractivity contribution in [1.29, 1.82) is 0 Å². The van der Waals surface area contributed by atoms with Crippen LogP contribution in [0.25, 0.3) is 0 Å². The second kappa shape index (κ2) is 4.43. The second-order valence-electron chi connectivity index (χ2n) is 6.20. The van der Waals surface area contributed by atoms with Gasteiger partial charge in [-0.05, 0) is 13.0 Å². The maximum atomic E-state index is 12.7. The lowest BCUT2D eigenvalue weighted by Crippen LogP contribution is -2.38. The van der Waals surface area contributed by atoms with Gasteiger partial charge in [-0.3, -0.25) is 14.5 Å². The normalized spacial score (nSPS) is 35.4. The number of nitrogens with zero attached hydrogens (tertiary/aromatic N) is 1. The van der Waals surface area contributed by atoms with Crippen molar-refractivity contribution in [3.05, 3.63) is 42.0 Å². The predicted octanol–water partition coefficient (Wildman–Crippen LogP) is 1.52. The number of methoxy groups -OCH3 is 1. The smallest absolute Gasteiger partial charge is 0.236 e. The standard InChI is InChI=1S/C17H17NO4/c1-17-8-7-12(22-17)13-14(17)16(20)18(15(13)19)9-10-5-3-4-6-11(10)21-2/h3-8,12-14H,9H2,1-2H3/t12-,13+,14+,17-/m1/s1. The van der Waals surface area contributed by atoms with Gasteiger partial charge < -0.3 is 9.47 Å². The molecule has 0 spiro atoms. The van der Waals surface area contributed by atoms with E-state index in [1.54, 1.807) is 7.11 Å². The molecular formula is C17H17NO4. The Morgan fingerprint density at radius 2 is 2.05 bits per heavy atom. The fourth-order valence-electron chi connectivity index (χ4n) is 3.87. The Labute approximate surface area is 128 Å². The van der Waals surface area contributed by atoms with Gasteiger partial charge in [-0.15, -0.1) is 0 Å². The van der Waals surface area contributed by atoms with E-state index in [-0.39, 0.29) is 30.4 Å². The molecule has 4 atom stereocenters. The van der Waals surface area contributed by atoms with E-state index >= 15 is 0 Å². The summed E-state index contributed by atoms with van der Waals surface area (Å²) >= 11 is 0. The minimum Gasteiger partial charge on any atom is -0.496 e. The Bertz CT molecular complexity index is 698. The number of carbonyl (C=O) groups excluding carboxylic acids is 2. The lowest BCUT2D eigenvalue weighted by Gasteiger charge is -2.24. The van der Waals surface area contributed by atoms with E-state index in [0.29, 0.717) is 5.75 Å². The third-order valence-corrected chi connectivity index (χ3v) is 4.94. The fraction of sp³-hybridized carbons (Fsp3) is 0.412. The minimum atomic E-state index is -0.641. The van der Waals surface area contributed by atoms with Gasteiger partial charge >= 0.3 is 0 Å². The average Bonchev–Trinajstić information content (AvgIpc) is 3.12. The van der Waals surface area contributed by atoms with Crippen LogP contribution in [0.5, 0.6) is 5.75 Å². The Kier molecular flexibility index (Phi) is 2.72. The van der Waals surface area contributed by atoms with Crippen LogP contribution in [-0.4, -0.2) is 35.5 Å². The van der Waals surface area contributed by atoms with E-state index in [2.05, 4.69) is 0 Å². The summed E-state index contributed by atoms with van der Waals surface area (Å²) in [5, 5.41) is 0. The molecule has 2 saturated heterocycles. The Balaban J connectivity index is 1.65. The molecule has 2 fully saturated rings. The van der Waals surface area contributed by atoms with E-state index in [4.69, 9.17) is 9.47 Å². The van der Waals surface area contributed by atoms with Gasteiger partial charge in [0.25, 0.3) is 0 Å². The number of fused-ring (bicyclic) bond motifs is 5. The van der Waals surface area contributed by atoms with Gasteiger partial charge in [0.2, 0.25) is 11.8 Å². The van der Waals surface area contributed by atoms with Gasteiger partial charge in [0.1, 0.15) is 5.75 Å². The Morgan fingerprint density at radius 1 is 1.27 bits per heavy atom. The van der Waals surface area contributed by atoms with Crippen LogP contribution in [0.4, 0.5) is 0 Å². The molecule has 22 heavy (non-hydrogen) atoms. The zero-order valence-electron chi connectivity index (χ0n) is 12.5. The van der Waals surface area contributed by atoms with Gasteiger partial charge in [0.05, 0.1) is 37.2 Å². The highest BCUT2D eigenvalue weighted by atomic mass is 16.5. The van der Waals surface area contributed by atoms with Crippen molar-refractivity contribution in [2.24, 2.45) is 11.8 Å². The summed E-state index contributed by atoms with van der Waals surface area (Å²) in [6, 6.07) is 7.44. The topological polar surface area (TPSA) is 55.8 Å². The average molecular weight is 299 g/mol. The summed E-state index contributed by atoms with van der Waals surface area (Å²) in [5.74, 6) is -0.375. The maximum Gasteiger partial charge on any atom is 0.236 e. The molecule has 0 aromatic heterocycles. The molecule has 3 aliphatic heterocycles. The monoisotopic (exact) mass is 299 g/mol. The van der Waals surface area contributed by atoms with Crippen LogP contribution in [-0.2, 0) is 20.9 Å². The summed E-state index contributed by atoms with van der Waals surface area (Å²) < 4.78 is 11.1. The molecule has 4 rings (SSSR count). The molecule has 3 aliphatic rings. The van der Waals surface area contributed by atoms with Crippen molar-refractivity contribution >= 4 is 11.8 Å². The lowest BCUT2D eigenvalue weighted by atomic mass is 9.78. The number of imide groups is 1. The van der Waals surface area contributed by atoms with Crippen molar-refractivity contribution in [3.8, 4) is 5.75 Å². The quantitative estimate of drug-likeness (QED) is 0.627. The summed E-state index contributed by atoms with van der Waals surface area (Å²) in [4.78, 5) is 26.8. The molecule has 0 unspecified atom stereocenters. The Hall–Kier alpha value is -2.14. The molecule has 3 heterocycles. The maximum absolute atomic E-state index is 12.7. The zero-order chi connectivity index (χ0) is 15.5. The number of benzene rings is 1. The van der Waals surface area contributed by atoms with Gasteiger partial charge in [-0.2, -0.15) is 0 Å². The largest absolute Gasteiger partial charge is 0.496 e. The van der Waals surface area contributed by atoms with Gasteiger partial charge in [-0.25, -0.2) is 0 Å². The predicted molar refractivity (Wildman–Crippen MR) is 77.9 cm³/mol. The lowest BCUT2D eigenvalue weighted by molar-refractivity contribution is -0.144. The van der Waals surface area contributed by atoms with Crippen LogP contribution in [0.1, 0.15) is 12.5 Å². The van der Waals surface area contributed by atoms with Gasteiger partial charge in [0.15, 0.2) is 0 Å². The van der Waals surface area contributed by atoms with Crippen LogP contribution in [0.15, 0.2) is 36.4 Å². The van der Waals surface area contributed by atoms with Crippen LogP contribution < -0.4 is 4.74 Å². The first-order chi connectivity index (χ1) is 10.5. The molecule has 1 aromatic rings. The van der Waals surface area contributed by atoms with Gasteiger partial charge in [-0.1, -0.05) is 30.4 Å². The zero-order valence-corrected chi connectivity index (χ0v) is 12.5. The van der Waals surface area contributed by atoms with Crippen molar-refractivity contribution in [3.63, 3.8) is 0 Å². The van der Waals surface area contributed by atoms with E-state index in [1.165, 1.54) is 4.90 Å². The minimum absolute atomic E-state index is 0.140. The molecule has 0 N–H and O–H groups in total. The molecule has 2 amide bonds. The molecule has 5 heteroatoms. The molecule has 5 nitrogen and oxygen atoms in total. The summed E-state index contributed by atoms with van der Waals surface area (Å²) in [5.41, 5.74) is 0.190. The van der Waals surface area contributed by atoms with Gasteiger partial charge in [0, 0.05) is 5.56 Å². The Morgan fingerprint density at radius 3 is 2.77 bits per heavy atom. The number of ether oxygens (including phenoxy) is 2. The van der Waals surface area contributed by atoms with Crippen molar-refractivity contribution in [1.82, 2.24) is 4.90 Å². The number of hydrogen-bond donors (Lipinski definition) is 0. The SMILES string of the molecule is COc1ccccc1CN1C(=O)[C@@H]2[C@@H](C1=O)[C@@]1(C)C=C[C@H]2O1. The first-order valence-electron chi connectivity index (χ1n) is 7.39. The molecule has 0 saturated carbocycles. The van der Waals surface area contributed by atoms with E-state index < -0.39 is 11.5 Å². The number of para-hydroxylation sites is 1. The first kappa shape index (κ1) is 13.5. The van der Waals surface area contributed by atoms with Crippen LogP contribution in [0, 0.1) is 11.8 Å². The third-order valence-electron chi connectivity index (χ3n) is 4.94. The summed E-state index contributed by atoms with van der Waals surface area (Å²) in [6.45, 7) is 2.13. The van der Waals surface area contributed by atoms with Crippen LogP contribution in [0.2, 0.25) is 0 Å². The molecule has 1 aromatic carbocycles. The van der Waals surface area contributed by atoms with Crippen molar-refractivity contribution < 1.29 is 19.1 Å². The van der Waals surface area contributed by atoms with Crippen LogP contribution in [0.3, 0.4) is 0 Å². The molecule has 0 radical (unpaired) electrons. The molecular weight excluding hydrogens is 282 g/mol. The summed E-state index contributed by atoms with van der Waals surface area (Å²) in [6.07, 6.45) is 3.55. The highest BCUT2D eigenvalue weighted by Gasteiger charge is 2.65. The fourth-order valence-corrected chi connectivity index (χ4v) is 3.87. The first-order valence-corrected chi connectivity index (χ1v) is 7.39. The number of rotatable bonds is 3. The number of hydrogen-bond acceptors (Lipinski definition) is 4. The van der Waals surface area contributed by atoms with E-state index in [9.17, 15) is 9.59 Å². The van der Waals surface area contributed by atoms with Crippen LogP contribution >= 0.6 is 0 Å². The molecule has 114 valence electrons. The van der Waals surface area contributed by atoms with Crippen molar-refractivity contribution in [2.75, 3.05) is 7.11 Å². The van der Waals surface area contributed by atoms with Crippen molar-refractivity contribution in [2.45, 2.75) is 25.2 Å². The molecule has 0 aliphatic carbocycles. The number of carbonyl (C=O) groups is 2. The highest BCUT2D eigenvalue weighted by molar-refractivity contribution is 6.07. The summed E-state index contributed by atoms with van der Waals surface area (Å²) in [7, 11) is 1.58. The number of likely N-dealkylation sites (tertiary alicyclic amines) is 1. The van der Waals surface area contributed by atoms with E-state index in [0.717, 1.165) is 5.56 Å². The third kappa shape index (κ3) is 1.63. The molecule has 2 bridgehead atoms. The second-order valence-corrected chi connectivity index (χ2v) is 6.20. The highest BCUT2D eigenvalue weighted by Crippen LogP contribution is 2.51. The van der Waals surface area contributed by atoms with E-state index in [1.807, 2.05) is 43.3 Å².